The van der Waals surface area contributed by atoms with Gasteiger partial charge in [-0.05, 0) is 32.1 Å². The van der Waals surface area contributed by atoms with Crippen LogP contribution in [0.1, 0.15) is 53.4 Å². The van der Waals surface area contributed by atoms with Crippen LogP contribution < -0.4 is 11.1 Å². The third-order valence-corrected chi connectivity index (χ3v) is 3.54. The Morgan fingerprint density at radius 3 is 2.56 bits per heavy atom. The standard InChI is InChI=1S/C13H26N2O/c1-12(2)8-6-5-7-10(12)11(16)15-9-13(3,4)14/h10H,5-9,14H2,1-4H3,(H,15,16). The summed E-state index contributed by atoms with van der Waals surface area (Å²) in [4.78, 5) is 12.1. The predicted molar refractivity (Wildman–Crippen MR) is 67.0 cm³/mol. The summed E-state index contributed by atoms with van der Waals surface area (Å²) in [7, 11) is 0. The molecule has 16 heavy (non-hydrogen) atoms. The van der Waals surface area contributed by atoms with Crippen LogP contribution in [0.5, 0.6) is 0 Å². The summed E-state index contributed by atoms with van der Waals surface area (Å²) >= 11 is 0. The van der Waals surface area contributed by atoms with Crippen molar-refractivity contribution < 1.29 is 4.79 Å². The number of rotatable bonds is 3. The molecule has 0 aromatic rings. The molecule has 3 N–H and O–H groups in total. The molecule has 0 bridgehead atoms. The minimum Gasteiger partial charge on any atom is -0.354 e. The van der Waals surface area contributed by atoms with Crippen molar-refractivity contribution in [2.75, 3.05) is 6.54 Å². The van der Waals surface area contributed by atoms with Crippen molar-refractivity contribution in [1.82, 2.24) is 5.32 Å². The fraction of sp³-hybridized carbons (Fsp3) is 0.923. The second-order valence-electron chi connectivity index (χ2n) is 6.49. The molecule has 3 nitrogen and oxygen atoms in total. The van der Waals surface area contributed by atoms with Crippen LogP contribution >= 0.6 is 0 Å². The molecule has 0 saturated heterocycles. The summed E-state index contributed by atoms with van der Waals surface area (Å²) < 4.78 is 0. The largest absolute Gasteiger partial charge is 0.354 e. The average molecular weight is 226 g/mol. The van der Waals surface area contributed by atoms with Gasteiger partial charge >= 0.3 is 0 Å². The van der Waals surface area contributed by atoms with Crippen LogP contribution in [0.15, 0.2) is 0 Å². The minimum atomic E-state index is -0.325. The zero-order valence-corrected chi connectivity index (χ0v) is 11.1. The third kappa shape index (κ3) is 3.78. The molecular formula is C13H26N2O. The molecule has 0 radical (unpaired) electrons. The van der Waals surface area contributed by atoms with Crippen molar-refractivity contribution in [3.8, 4) is 0 Å². The maximum Gasteiger partial charge on any atom is 0.223 e. The number of nitrogens with one attached hydrogen (secondary N) is 1. The first-order chi connectivity index (χ1) is 7.22. The molecule has 1 rings (SSSR count). The van der Waals surface area contributed by atoms with E-state index in [1.165, 1.54) is 12.8 Å². The van der Waals surface area contributed by atoms with Gasteiger partial charge in [-0.3, -0.25) is 4.79 Å². The fourth-order valence-corrected chi connectivity index (χ4v) is 2.42. The monoisotopic (exact) mass is 226 g/mol. The summed E-state index contributed by atoms with van der Waals surface area (Å²) in [5, 5.41) is 2.98. The van der Waals surface area contributed by atoms with Gasteiger partial charge in [0, 0.05) is 18.0 Å². The number of amides is 1. The Bertz CT molecular complexity index is 253. The van der Waals surface area contributed by atoms with Crippen molar-refractivity contribution in [3.05, 3.63) is 0 Å². The van der Waals surface area contributed by atoms with Crippen molar-refractivity contribution in [2.45, 2.75) is 58.9 Å². The van der Waals surface area contributed by atoms with Crippen LogP contribution in [-0.4, -0.2) is 18.0 Å². The summed E-state index contributed by atoms with van der Waals surface area (Å²) in [6, 6.07) is 0. The fourth-order valence-electron chi connectivity index (χ4n) is 2.42. The topological polar surface area (TPSA) is 55.1 Å². The van der Waals surface area contributed by atoms with Crippen molar-refractivity contribution in [3.63, 3.8) is 0 Å². The van der Waals surface area contributed by atoms with Crippen LogP contribution in [0.2, 0.25) is 0 Å². The van der Waals surface area contributed by atoms with E-state index in [2.05, 4.69) is 19.2 Å². The first-order valence-corrected chi connectivity index (χ1v) is 6.29. The normalized spacial score (nSPS) is 25.2. The molecule has 1 aliphatic carbocycles. The first-order valence-electron chi connectivity index (χ1n) is 6.29. The van der Waals surface area contributed by atoms with Gasteiger partial charge in [-0.2, -0.15) is 0 Å². The molecule has 0 aliphatic heterocycles. The van der Waals surface area contributed by atoms with Crippen molar-refractivity contribution in [1.29, 1.82) is 0 Å². The van der Waals surface area contributed by atoms with E-state index in [0.29, 0.717) is 6.54 Å². The highest BCUT2D eigenvalue weighted by Crippen LogP contribution is 2.40. The predicted octanol–water partition coefficient (Wildman–Crippen LogP) is 2.06. The SMILES string of the molecule is CC(C)(N)CNC(=O)C1CCCCC1(C)C. The second kappa shape index (κ2) is 4.74. The van der Waals surface area contributed by atoms with E-state index < -0.39 is 0 Å². The highest BCUT2D eigenvalue weighted by Gasteiger charge is 2.37. The summed E-state index contributed by atoms with van der Waals surface area (Å²) in [6.45, 7) is 8.81. The quantitative estimate of drug-likeness (QED) is 0.774. The van der Waals surface area contributed by atoms with E-state index in [-0.39, 0.29) is 22.8 Å². The van der Waals surface area contributed by atoms with E-state index in [1.54, 1.807) is 0 Å². The molecule has 1 atom stereocenters. The van der Waals surface area contributed by atoms with Crippen LogP contribution in [0.3, 0.4) is 0 Å². The van der Waals surface area contributed by atoms with E-state index in [4.69, 9.17) is 5.73 Å². The van der Waals surface area contributed by atoms with Gasteiger partial charge in [0.05, 0.1) is 0 Å². The molecule has 1 amide bonds. The van der Waals surface area contributed by atoms with Crippen molar-refractivity contribution in [2.24, 2.45) is 17.1 Å². The second-order valence-corrected chi connectivity index (χ2v) is 6.49. The molecular weight excluding hydrogens is 200 g/mol. The van der Waals surface area contributed by atoms with Gasteiger partial charge in [0.15, 0.2) is 0 Å². The Balaban J connectivity index is 2.52. The number of carbonyl (C=O) groups excluding carboxylic acids is 1. The highest BCUT2D eigenvalue weighted by atomic mass is 16.1. The Labute approximate surface area is 99.2 Å². The van der Waals surface area contributed by atoms with Crippen molar-refractivity contribution >= 4 is 5.91 Å². The molecule has 1 aliphatic rings. The van der Waals surface area contributed by atoms with Gasteiger partial charge in [0.25, 0.3) is 0 Å². The summed E-state index contributed by atoms with van der Waals surface area (Å²) in [5.74, 6) is 0.340. The van der Waals surface area contributed by atoms with Crippen LogP contribution in [0.25, 0.3) is 0 Å². The van der Waals surface area contributed by atoms with Gasteiger partial charge in [-0.25, -0.2) is 0 Å². The molecule has 1 saturated carbocycles. The van der Waals surface area contributed by atoms with Crippen LogP contribution in [0.4, 0.5) is 0 Å². The van der Waals surface area contributed by atoms with Crippen LogP contribution in [0, 0.1) is 11.3 Å². The lowest BCUT2D eigenvalue weighted by molar-refractivity contribution is -0.130. The first kappa shape index (κ1) is 13.5. The Kier molecular flexibility index (Phi) is 4.00. The average Bonchev–Trinajstić information content (AvgIpc) is 2.12. The lowest BCUT2D eigenvalue weighted by Gasteiger charge is -2.38. The van der Waals surface area contributed by atoms with E-state index in [9.17, 15) is 4.79 Å². The number of hydrogen-bond donors (Lipinski definition) is 2. The van der Waals surface area contributed by atoms with Gasteiger partial charge in [-0.1, -0.05) is 26.7 Å². The zero-order valence-electron chi connectivity index (χ0n) is 11.1. The lowest BCUT2D eigenvalue weighted by atomic mass is 9.68. The minimum absolute atomic E-state index is 0.140. The number of nitrogens with two attached hydrogens (primary N) is 1. The highest BCUT2D eigenvalue weighted by molar-refractivity contribution is 5.79. The Morgan fingerprint density at radius 2 is 2.06 bits per heavy atom. The molecule has 0 spiro atoms. The number of carbonyl (C=O) groups is 1. The summed E-state index contributed by atoms with van der Waals surface area (Å²) in [6.07, 6.45) is 4.59. The smallest absolute Gasteiger partial charge is 0.223 e. The number of hydrogen-bond acceptors (Lipinski definition) is 2. The molecule has 0 heterocycles. The zero-order chi connectivity index (χ0) is 12.4. The van der Waals surface area contributed by atoms with Gasteiger partial charge in [0.1, 0.15) is 0 Å². The molecule has 1 unspecified atom stereocenters. The molecule has 3 heteroatoms. The molecule has 0 aromatic heterocycles. The van der Waals surface area contributed by atoms with Gasteiger partial charge < -0.3 is 11.1 Å². The van der Waals surface area contributed by atoms with Crippen LogP contribution in [-0.2, 0) is 4.79 Å². The Hall–Kier alpha value is -0.570. The molecule has 1 fully saturated rings. The third-order valence-electron chi connectivity index (χ3n) is 3.54. The van der Waals surface area contributed by atoms with E-state index >= 15 is 0 Å². The maximum atomic E-state index is 12.1. The molecule has 0 aromatic carbocycles. The lowest BCUT2D eigenvalue weighted by Crippen LogP contribution is -2.49. The Morgan fingerprint density at radius 1 is 1.44 bits per heavy atom. The van der Waals surface area contributed by atoms with E-state index in [0.717, 1.165) is 12.8 Å². The van der Waals surface area contributed by atoms with Gasteiger partial charge in [-0.15, -0.1) is 0 Å². The summed E-state index contributed by atoms with van der Waals surface area (Å²) in [5.41, 5.74) is 5.68. The van der Waals surface area contributed by atoms with Gasteiger partial charge in [0.2, 0.25) is 5.91 Å². The van der Waals surface area contributed by atoms with E-state index in [1.807, 2.05) is 13.8 Å². The molecule has 94 valence electrons. The maximum absolute atomic E-state index is 12.1.